The van der Waals surface area contributed by atoms with Gasteiger partial charge in [-0.05, 0) is 42.4 Å². The smallest absolute Gasteiger partial charge is 0.219 e. The molecule has 0 radical (unpaired) electrons. The predicted octanol–water partition coefficient (Wildman–Crippen LogP) is 5.26. The van der Waals surface area contributed by atoms with E-state index in [1.165, 1.54) is 0 Å². The number of rotatable bonds is 10. The normalized spacial score (nSPS) is 14.6. The fourth-order valence-electron chi connectivity index (χ4n) is 4.67. The van der Waals surface area contributed by atoms with Crippen LogP contribution in [0.15, 0.2) is 60.9 Å². The van der Waals surface area contributed by atoms with Crippen molar-refractivity contribution < 1.29 is 14.3 Å². The Hall–Kier alpha value is -3.60. The van der Waals surface area contributed by atoms with Gasteiger partial charge in [-0.1, -0.05) is 25.7 Å². The van der Waals surface area contributed by atoms with E-state index in [4.69, 9.17) is 14.5 Å². The average molecular weight is 559 g/mol. The highest BCUT2D eigenvalue weighted by molar-refractivity contribution is 6.76. The number of ether oxygens (including phenoxy) is 2. The Morgan fingerprint density at radius 2 is 1.82 bits per heavy atom. The quantitative estimate of drug-likeness (QED) is 0.194. The summed E-state index contributed by atoms with van der Waals surface area (Å²) in [4.78, 5) is 25.2. The van der Waals surface area contributed by atoms with Crippen LogP contribution in [-0.2, 0) is 22.8 Å². The zero-order valence-electron chi connectivity index (χ0n) is 23.8. The van der Waals surface area contributed by atoms with Crippen molar-refractivity contribution in [1.29, 1.82) is 0 Å². The molecule has 1 amide bonds. The summed E-state index contributed by atoms with van der Waals surface area (Å²) >= 11 is 0. The van der Waals surface area contributed by atoms with Gasteiger partial charge in [0.2, 0.25) is 11.8 Å². The second kappa shape index (κ2) is 12.3. The summed E-state index contributed by atoms with van der Waals surface area (Å²) in [5.74, 6) is 1.38. The zero-order valence-corrected chi connectivity index (χ0v) is 24.8. The van der Waals surface area contributed by atoms with Crippen molar-refractivity contribution in [1.82, 2.24) is 29.5 Å². The summed E-state index contributed by atoms with van der Waals surface area (Å²) in [6.07, 6.45) is 3.58. The number of hydrogen-bond acceptors (Lipinski definition) is 7. The molecule has 0 unspecified atom stereocenters. The molecule has 0 bridgehead atoms. The number of hydrogen-bond donors (Lipinski definition) is 0. The molecule has 5 rings (SSSR count). The molecular formula is C30H38N6O3Si. The predicted molar refractivity (Wildman–Crippen MR) is 159 cm³/mol. The van der Waals surface area contributed by atoms with Gasteiger partial charge in [-0.25, -0.2) is 9.67 Å². The van der Waals surface area contributed by atoms with Crippen molar-refractivity contribution in [3.05, 3.63) is 66.6 Å². The molecule has 0 N–H and O–H groups in total. The number of piperazine rings is 1. The third-order valence-electron chi connectivity index (χ3n) is 7.10. The largest absolute Gasteiger partial charge is 0.439 e. The molecule has 4 aromatic rings. The maximum absolute atomic E-state index is 11.6. The van der Waals surface area contributed by atoms with Gasteiger partial charge in [0.1, 0.15) is 12.5 Å². The molecule has 0 aliphatic carbocycles. The van der Waals surface area contributed by atoms with Crippen LogP contribution in [0.2, 0.25) is 25.7 Å². The van der Waals surface area contributed by atoms with Gasteiger partial charge in [0.15, 0.2) is 0 Å². The van der Waals surface area contributed by atoms with E-state index in [-0.39, 0.29) is 5.91 Å². The first-order chi connectivity index (χ1) is 19.2. The van der Waals surface area contributed by atoms with Crippen LogP contribution in [0.4, 0.5) is 0 Å². The number of nitrogens with zero attached hydrogens (tertiary/aromatic N) is 6. The number of fused-ring (bicyclic) bond motifs is 1. The Morgan fingerprint density at radius 3 is 2.55 bits per heavy atom. The molecule has 0 spiro atoms. The highest BCUT2D eigenvalue weighted by Crippen LogP contribution is 2.26. The van der Waals surface area contributed by atoms with E-state index < -0.39 is 8.07 Å². The molecule has 1 aromatic carbocycles. The lowest BCUT2D eigenvalue weighted by Gasteiger charge is -2.33. The number of amides is 1. The number of aromatic nitrogens is 4. The molecule has 4 heterocycles. The summed E-state index contributed by atoms with van der Waals surface area (Å²) in [7, 11) is -1.12. The highest BCUT2D eigenvalue weighted by atomic mass is 28.3. The molecular weight excluding hydrogens is 520 g/mol. The van der Waals surface area contributed by atoms with Crippen molar-refractivity contribution >= 4 is 24.9 Å². The Labute approximate surface area is 236 Å². The van der Waals surface area contributed by atoms with E-state index in [1.54, 1.807) is 19.3 Å². The summed E-state index contributed by atoms with van der Waals surface area (Å²) in [6, 6.07) is 17.0. The van der Waals surface area contributed by atoms with E-state index in [1.807, 2.05) is 46.0 Å². The minimum absolute atomic E-state index is 0.147. The standard InChI is InChI=1S/C30H38N6O3Si/c1-23(37)35-15-13-34(14-16-35)21-26-7-5-24-19-27(8-9-28(24)33-26)39-30-10-6-25(20-31-30)29-11-12-32-36(29)22-38-17-18-40(2,3)4/h5-12,19-20H,13-18,21-22H2,1-4H3. The highest BCUT2D eigenvalue weighted by Gasteiger charge is 2.19. The number of carbonyl (C=O) groups is 1. The molecule has 3 aromatic heterocycles. The summed E-state index contributed by atoms with van der Waals surface area (Å²) in [6.45, 7) is 13.9. The van der Waals surface area contributed by atoms with Crippen molar-refractivity contribution in [2.75, 3.05) is 32.8 Å². The molecule has 1 aliphatic rings. The van der Waals surface area contributed by atoms with Crippen LogP contribution in [0, 0.1) is 0 Å². The van der Waals surface area contributed by atoms with E-state index in [2.05, 4.69) is 46.8 Å². The Morgan fingerprint density at radius 1 is 1.00 bits per heavy atom. The van der Waals surface area contributed by atoms with Gasteiger partial charge in [-0.3, -0.25) is 14.7 Å². The first kappa shape index (κ1) is 27.9. The van der Waals surface area contributed by atoms with Crippen LogP contribution in [0.3, 0.4) is 0 Å². The monoisotopic (exact) mass is 558 g/mol. The average Bonchev–Trinajstić information content (AvgIpc) is 3.40. The zero-order chi connectivity index (χ0) is 28.1. The second-order valence-electron chi connectivity index (χ2n) is 11.5. The first-order valence-corrected chi connectivity index (χ1v) is 17.6. The van der Waals surface area contributed by atoms with Crippen LogP contribution in [0.1, 0.15) is 12.6 Å². The van der Waals surface area contributed by atoms with Gasteiger partial charge < -0.3 is 14.4 Å². The SMILES string of the molecule is CC(=O)N1CCN(Cc2ccc3cc(Oc4ccc(-c5ccnn5COCC[Si](C)(C)C)cn4)ccc3n2)CC1. The topological polar surface area (TPSA) is 85.6 Å². The van der Waals surface area contributed by atoms with Gasteiger partial charge in [-0.15, -0.1) is 0 Å². The maximum Gasteiger partial charge on any atom is 0.219 e. The Balaban J connectivity index is 1.18. The van der Waals surface area contributed by atoms with Gasteiger partial charge in [-0.2, -0.15) is 5.10 Å². The van der Waals surface area contributed by atoms with Crippen LogP contribution < -0.4 is 4.74 Å². The van der Waals surface area contributed by atoms with Crippen molar-refractivity contribution in [2.24, 2.45) is 0 Å². The molecule has 210 valence electrons. The van der Waals surface area contributed by atoms with Gasteiger partial charge in [0.05, 0.1) is 16.9 Å². The Kier molecular flexibility index (Phi) is 8.58. The van der Waals surface area contributed by atoms with E-state index in [0.29, 0.717) is 18.4 Å². The van der Waals surface area contributed by atoms with E-state index >= 15 is 0 Å². The molecule has 1 saturated heterocycles. The van der Waals surface area contributed by atoms with Crippen molar-refractivity contribution in [3.63, 3.8) is 0 Å². The van der Waals surface area contributed by atoms with Gasteiger partial charge in [0, 0.05) is 83.7 Å². The van der Waals surface area contributed by atoms with Gasteiger partial charge in [0.25, 0.3) is 0 Å². The third-order valence-corrected chi connectivity index (χ3v) is 8.81. The second-order valence-corrected chi connectivity index (χ2v) is 17.1. The lowest BCUT2D eigenvalue weighted by atomic mass is 10.2. The summed E-state index contributed by atoms with van der Waals surface area (Å²) in [5.41, 5.74) is 3.86. The number of pyridine rings is 2. The number of benzene rings is 1. The lowest BCUT2D eigenvalue weighted by Crippen LogP contribution is -2.47. The van der Waals surface area contributed by atoms with Crippen LogP contribution in [0.5, 0.6) is 11.6 Å². The molecule has 40 heavy (non-hydrogen) atoms. The van der Waals surface area contributed by atoms with Crippen LogP contribution >= 0.6 is 0 Å². The summed E-state index contributed by atoms with van der Waals surface area (Å²) < 4.78 is 13.8. The van der Waals surface area contributed by atoms with E-state index in [9.17, 15) is 4.79 Å². The lowest BCUT2D eigenvalue weighted by molar-refractivity contribution is -0.130. The molecule has 1 fully saturated rings. The minimum Gasteiger partial charge on any atom is -0.439 e. The molecule has 9 nitrogen and oxygen atoms in total. The van der Waals surface area contributed by atoms with Crippen molar-refractivity contribution in [2.45, 2.75) is 45.9 Å². The fourth-order valence-corrected chi connectivity index (χ4v) is 5.43. The molecule has 0 atom stereocenters. The minimum atomic E-state index is -1.12. The maximum atomic E-state index is 11.6. The number of carbonyl (C=O) groups excluding carboxylic acids is 1. The van der Waals surface area contributed by atoms with Crippen LogP contribution in [0.25, 0.3) is 22.2 Å². The molecule has 0 saturated carbocycles. The molecule has 1 aliphatic heterocycles. The molecule has 10 heteroatoms. The third kappa shape index (κ3) is 7.32. The Bertz CT molecular complexity index is 1440. The van der Waals surface area contributed by atoms with Crippen molar-refractivity contribution in [3.8, 4) is 22.9 Å². The van der Waals surface area contributed by atoms with E-state index in [0.717, 1.165) is 73.2 Å². The summed E-state index contributed by atoms with van der Waals surface area (Å²) in [5, 5.41) is 5.43. The van der Waals surface area contributed by atoms with Gasteiger partial charge >= 0.3 is 0 Å². The van der Waals surface area contributed by atoms with Crippen LogP contribution in [-0.4, -0.2) is 76.3 Å². The fraction of sp³-hybridized carbons (Fsp3) is 0.400. The first-order valence-electron chi connectivity index (χ1n) is 13.8.